The van der Waals surface area contributed by atoms with E-state index in [-0.39, 0.29) is 0 Å². The van der Waals surface area contributed by atoms with E-state index in [1.807, 2.05) is 11.8 Å². The summed E-state index contributed by atoms with van der Waals surface area (Å²) in [4.78, 5) is 4.57. The topological polar surface area (TPSA) is 24.4 Å². The number of nitrogens with one attached hydrogen (secondary N) is 1. The summed E-state index contributed by atoms with van der Waals surface area (Å²) in [5.74, 6) is 0.656. The highest BCUT2D eigenvalue weighted by atomic mass is 79.9. The molecule has 1 aliphatic heterocycles. The molecule has 0 amide bonds. The molecule has 1 aromatic rings. The molecule has 2 rings (SSSR count). The van der Waals surface area contributed by atoms with Gasteiger partial charge >= 0.3 is 0 Å². The molecule has 1 aliphatic rings. The van der Waals surface area contributed by atoms with Gasteiger partial charge in [0.05, 0.1) is 12.2 Å². The van der Waals surface area contributed by atoms with Gasteiger partial charge in [-0.15, -0.1) is 0 Å². The van der Waals surface area contributed by atoms with Gasteiger partial charge in [-0.25, -0.2) is 0 Å². The molecule has 2 nitrogen and oxygen atoms in total. The molecule has 1 unspecified atom stereocenters. The van der Waals surface area contributed by atoms with E-state index in [1.54, 1.807) is 0 Å². The molecule has 0 radical (unpaired) electrons. The standard InChI is InChI=1S/C13H16Br2N2S/c1-7(2)11-6-16-13(18-11)17-12-9(14)4-8(3)5-10(12)15/h4-5,7,11H,6H2,1-3H3,(H,16,17). The summed E-state index contributed by atoms with van der Waals surface area (Å²) in [6.07, 6.45) is 0. The second kappa shape index (κ2) is 5.97. The van der Waals surface area contributed by atoms with Crippen LogP contribution in [0.3, 0.4) is 0 Å². The summed E-state index contributed by atoms with van der Waals surface area (Å²) in [6.45, 7) is 7.48. The van der Waals surface area contributed by atoms with Crippen LogP contribution in [0.1, 0.15) is 19.4 Å². The molecular weight excluding hydrogens is 376 g/mol. The van der Waals surface area contributed by atoms with Gasteiger partial charge in [-0.3, -0.25) is 4.99 Å². The first-order valence-electron chi connectivity index (χ1n) is 5.91. The molecule has 1 aromatic carbocycles. The van der Waals surface area contributed by atoms with Gasteiger partial charge in [0, 0.05) is 14.2 Å². The first-order chi connectivity index (χ1) is 8.47. The number of thioether (sulfide) groups is 1. The number of nitrogens with zero attached hydrogens (tertiary/aromatic N) is 1. The van der Waals surface area contributed by atoms with Crippen molar-refractivity contribution in [3.8, 4) is 0 Å². The van der Waals surface area contributed by atoms with Gasteiger partial charge in [0.25, 0.3) is 0 Å². The maximum atomic E-state index is 4.57. The lowest BCUT2D eigenvalue weighted by Crippen LogP contribution is -2.13. The SMILES string of the molecule is Cc1cc(Br)c(NC2=NCC(C(C)C)S2)c(Br)c1. The number of aliphatic imine (C=N–C) groups is 1. The largest absolute Gasteiger partial charge is 0.333 e. The van der Waals surface area contributed by atoms with Crippen LogP contribution in [-0.4, -0.2) is 17.0 Å². The number of amidine groups is 1. The zero-order chi connectivity index (χ0) is 13.3. The number of rotatable bonds is 2. The van der Waals surface area contributed by atoms with Crippen molar-refractivity contribution in [1.82, 2.24) is 0 Å². The van der Waals surface area contributed by atoms with Gasteiger partial charge in [0.15, 0.2) is 5.17 Å². The van der Waals surface area contributed by atoms with Crippen molar-refractivity contribution >= 4 is 54.5 Å². The summed E-state index contributed by atoms with van der Waals surface area (Å²) in [5, 5.41) is 5.01. The minimum atomic E-state index is 0.593. The van der Waals surface area contributed by atoms with E-state index >= 15 is 0 Å². The Morgan fingerprint density at radius 2 is 1.94 bits per heavy atom. The van der Waals surface area contributed by atoms with Crippen molar-refractivity contribution in [3.05, 3.63) is 26.6 Å². The molecule has 1 atom stereocenters. The van der Waals surface area contributed by atoms with Crippen molar-refractivity contribution in [2.45, 2.75) is 26.0 Å². The number of aryl methyl sites for hydroxylation is 1. The Kier molecular flexibility index (Phi) is 4.78. The third-order valence-electron chi connectivity index (χ3n) is 2.84. The van der Waals surface area contributed by atoms with E-state index < -0.39 is 0 Å². The normalized spacial score (nSPS) is 19.2. The highest BCUT2D eigenvalue weighted by Crippen LogP contribution is 2.35. The number of halogens is 2. The van der Waals surface area contributed by atoms with E-state index in [9.17, 15) is 0 Å². The third kappa shape index (κ3) is 3.31. The van der Waals surface area contributed by atoms with E-state index in [2.05, 4.69) is 75.1 Å². The second-order valence-corrected chi connectivity index (χ2v) is 7.71. The minimum absolute atomic E-state index is 0.593. The fourth-order valence-electron chi connectivity index (χ4n) is 1.73. The van der Waals surface area contributed by atoms with E-state index in [1.165, 1.54) is 5.56 Å². The lowest BCUT2D eigenvalue weighted by atomic mass is 10.1. The Balaban J connectivity index is 2.12. The van der Waals surface area contributed by atoms with Gasteiger partial charge in [-0.2, -0.15) is 0 Å². The molecular formula is C13H16Br2N2S. The zero-order valence-corrected chi connectivity index (χ0v) is 14.6. The summed E-state index contributed by atoms with van der Waals surface area (Å²) in [6, 6.07) is 4.21. The number of benzene rings is 1. The smallest absolute Gasteiger partial charge is 0.161 e. The molecule has 18 heavy (non-hydrogen) atoms. The van der Waals surface area contributed by atoms with Crippen molar-refractivity contribution in [3.63, 3.8) is 0 Å². The third-order valence-corrected chi connectivity index (χ3v) is 5.54. The average molecular weight is 392 g/mol. The molecule has 0 aromatic heterocycles. The van der Waals surface area contributed by atoms with E-state index in [0.717, 1.165) is 26.3 Å². The zero-order valence-electron chi connectivity index (χ0n) is 10.6. The number of anilines is 1. The second-order valence-electron chi connectivity index (χ2n) is 4.77. The van der Waals surface area contributed by atoms with Crippen LogP contribution in [0.15, 0.2) is 26.1 Å². The summed E-state index contributed by atoms with van der Waals surface area (Å²) >= 11 is 9.02. The van der Waals surface area contributed by atoms with Crippen LogP contribution in [0.25, 0.3) is 0 Å². The monoisotopic (exact) mass is 390 g/mol. The van der Waals surface area contributed by atoms with Crippen LogP contribution >= 0.6 is 43.6 Å². The first-order valence-corrected chi connectivity index (χ1v) is 8.37. The lowest BCUT2D eigenvalue weighted by molar-refractivity contribution is 0.621. The maximum Gasteiger partial charge on any atom is 0.161 e. The molecule has 0 bridgehead atoms. The molecule has 0 fully saturated rings. The van der Waals surface area contributed by atoms with Crippen molar-refractivity contribution < 1.29 is 0 Å². The molecule has 1 heterocycles. The number of hydrogen-bond acceptors (Lipinski definition) is 3. The van der Waals surface area contributed by atoms with Gasteiger partial charge in [-0.05, 0) is 62.4 Å². The molecule has 1 N–H and O–H groups in total. The number of hydrogen-bond donors (Lipinski definition) is 1. The molecule has 0 spiro atoms. The van der Waals surface area contributed by atoms with E-state index in [0.29, 0.717) is 11.2 Å². The Morgan fingerprint density at radius 1 is 1.33 bits per heavy atom. The maximum absolute atomic E-state index is 4.57. The molecule has 0 saturated heterocycles. The minimum Gasteiger partial charge on any atom is -0.333 e. The summed E-state index contributed by atoms with van der Waals surface area (Å²) in [5.41, 5.74) is 2.27. The Bertz CT molecular complexity index is 463. The van der Waals surface area contributed by atoms with Gasteiger partial charge in [-0.1, -0.05) is 25.6 Å². The lowest BCUT2D eigenvalue weighted by Gasteiger charge is -2.14. The first kappa shape index (κ1) is 14.4. The molecule has 5 heteroatoms. The van der Waals surface area contributed by atoms with Gasteiger partial charge < -0.3 is 5.32 Å². The van der Waals surface area contributed by atoms with Gasteiger partial charge in [0.1, 0.15) is 0 Å². The van der Waals surface area contributed by atoms with E-state index in [4.69, 9.17) is 0 Å². The Morgan fingerprint density at radius 3 is 2.44 bits per heavy atom. The van der Waals surface area contributed by atoms with Crippen LogP contribution in [0, 0.1) is 12.8 Å². The van der Waals surface area contributed by atoms with Crippen LogP contribution < -0.4 is 5.32 Å². The van der Waals surface area contributed by atoms with Gasteiger partial charge in [0.2, 0.25) is 0 Å². The quantitative estimate of drug-likeness (QED) is 0.761. The fourth-order valence-corrected chi connectivity index (χ4v) is 4.36. The Labute approximate surface area is 129 Å². The van der Waals surface area contributed by atoms with Crippen LogP contribution in [-0.2, 0) is 0 Å². The molecule has 0 aliphatic carbocycles. The molecule has 0 saturated carbocycles. The van der Waals surface area contributed by atoms with Crippen molar-refractivity contribution in [1.29, 1.82) is 0 Å². The van der Waals surface area contributed by atoms with Crippen molar-refractivity contribution in [2.24, 2.45) is 10.9 Å². The van der Waals surface area contributed by atoms with Crippen LogP contribution in [0.5, 0.6) is 0 Å². The summed E-state index contributed by atoms with van der Waals surface area (Å²) in [7, 11) is 0. The average Bonchev–Trinajstić information content (AvgIpc) is 2.71. The fraction of sp³-hybridized carbons (Fsp3) is 0.462. The van der Waals surface area contributed by atoms with Crippen LogP contribution in [0.2, 0.25) is 0 Å². The summed E-state index contributed by atoms with van der Waals surface area (Å²) < 4.78 is 2.12. The highest BCUT2D eigenvalue weighted by Gasteiger charge is 2.23. The highest BCUT2D eigenvalue weighted by molar-refractivity contribution is 9.11. The Hall–Kier alpha value is -0.000000000000000111. The predicted molar refractivity (Wildman–Crippen MR) is 88.7 cm³/mol. The van der Waals surface area contributed by atoms with Crippen molar-refractivity contribution in [2.75, 3.05) is 11.9 Å². The van der Waals surface area contributed by atoms with Crippen LogP contribution in [0.4, 0.5) is 5.69 Å². The predicted octanol–water partition coefficient (Wildman–Crippen LogP) is 5.06. The molecule has 98 valence electrons.